The molecular formula is C17H33N3O3. The summed E-state index contributed by atoms with van der Waals surface area (Å²) in [5, 5.41) is 7.09. The minimum atomic E-state index is -0.463. The van der Waals surface area contributed by atoms with Crippen molar-refractivity contribution >= 4 is 6.09 Å². The van der Waals surface area contributed by atoms with E-state index in [9.17, 15) is 4.79 Å². The molecule has 0 aromatic carbocycles. The molecule has 2 aliphatic heterocycles. The van der Waals surface area contributed by atoms with Crippen LogP contribution in [0.3, 0.4) is 0 Å². The van der Waals surface area contributed by atoms with Gasteiger partial charge in [0.2, 0.25) is 0 Å². The lowest BCUT2D eigenvalue weighted by molar-refractivity contribution is -0.0322. The minimum Gasteiger partial charge on any atom is -0.444 e. The van der Waals surface area contributed by atoms with E-state index >= 15 is 0 Å². The van der Waals surface area contributed by atoms with Crippen molar-refractivity contribution < 1.29 is 14.3 Å². The number of nitrogens with one attached hydrogen (secondary N) is 2. The number of carbonyl (C=O) groups is 1. The maximum atomic E-state index is 12.4. The molecule has 0 saturated carbocycles. The highest BCUT2D eigenvalue weighted by Crippen LogP contribution is 2.15. The molecule has 1 amide bonds. The average molecular weight is 327 g/mol. The highest BCUT2D eigenvalue weighted by Gasteiger charge is 2.31. The minimum absolute atomic E-state index is 0.0394. The number of nitrogens with zero attached hydrogens (tertiary/aromatic N) is 1. The standard InChI is InChI=1S/C17H33N3O3/c1-13(10-14-6-5-7-18-14)19-11-15-12-22-9-8-20(15)16(21)23-17(2,3)4/h13-15,18-19H,5-12H2,1-4H3. The Morgan fingerprint density at radius 2 is 2.26 bits per heavy atom. The number of hydrogen-bond donors (Lipinski definition) is 2. The molecule has 6 nitrogen and oxygen atoms in total. The van der Waals surface area contributed by atoms with Crippen molar-refractivity contribution in [1.29, 1.82) is 0 Å². The smallest absolute Gasteiger partial charge is 0.410 e. The summed E-state index contributed by atoms with van der Waals surface area (Å²) >= 11 is 0. The first kappa shape index (κ1) is 18.5. The molecule has 2 fully saturated rings. The predicted molar refractivity (Wildman–Crippen MR) is 90.7 cm³/mol. The summed E-state index contributed by atoms with van der Waals surface area (Å²) in [6.45, 7) is 11.5. The predicted octanol–water partition coefficient (Wildman–Crippen LogP) is 1.74. The molecule has 0 aromatic rings. The van der Waals surface area contributed by atoms with Crippen LogP contribution in [0.5, 0.6) is 0 Å². The maximum Gasteiger partial charge on any atom is 0.410 e. The number of morpholine rings is 1. The molecule has 3 unspecified atom stereocenters. The zero-order chi connectivity index (χ0) is 16.9. The van der Waals surface area contributed by atoms with E-state index in [4.69, 9.17) is 9.47 Å². The van der Waals surface area contributed by atoms with Crippen molar-refractivity contribution in [3.8, 4) is 0 Å². The molecule has 0 radical (unpaired) electrons. The van der Waals surface area contributed by atoms with Gasteiger partial charge in [0, 0.05) is 25.2 Å². The fraction of sp³-hybridized carbons (Fsp3) is 0.941. The maximum absolute atomic E-state index is 12.4. The molecule has 0 aromatic heterocycles. The Bertz CT molecular complexity index is 378. The van der Waals surface area contributed by atoms with Crippen molar-refractivity contribution in [3.63, 3.8) is 0 Å². The Morgan fingerprint density at radius 3 is 2.91 bits per heavy atom. The second-order valence-corrected chi connectivity index (χ2v) is 7.74. The largest absolute Gasteiger partial charge is 0.444 e. The number of amides is 1. The highest BCUT2D eigenvalue weighted by molar-refractivity contribution is 5.68. The van der Waals surface area contributed by atoms with Crippen molar-refractivity contribution in [2.24, 2.45) is 0 Å². The monoisotopic (exact) mass is 327 g/mol. The lowest BCUT2D eigenvalue weighted by Gasteiger charge is -2.37. The Hall–Kier alpha value is -0.850. The Labute approximate surface area is 140 Å². The van der Waals surface area contributed by atoms with Crippen LogP contribution in [0.25, 0.3) is 0 Å². The first-order chi connectivity index (χ1) is 10.8. The summed E-state index contributed by atoms with van der Waals surface area (Å²) in [7, 11) is 0. The third kappa shape index (κ3) is 6.28. The van der Waals surface area contributed by atoms with Crippen molar-refractivity contribution in [2.75, 3.05) is 32.8 Å². The zero-order valence-electron chi connectivity index (χ0n) is 15.1. The number of rotatable bonds is 5. The summed E-state index contributed by atoms with van der Waals surface area (Å²) in [4.78, 5) is 14.2. The van der Waals surface area contributed by atoms with Gasteiger partial charge in [0.15, 0.2) is 0 Å². The topological polar surface area (TPSA) is 62.8 Å². The Kier molecular flexibility index (Phi) is 6.68. The van der Waals surface area contributed by atoms with Gasteiger partial charge in [-0.3, -0.25) is 4.90 Å². The molecule has 134 valence electrons. The van der Waals surface area contributed by atoms with Crippen molar-refractivity contribution in [3.05, 3.63) is 0 Å². The summed E-state index contributed by atoms with van der Waals surface area (Å²) < 4.78 is 11.1. The van der Waals surface area contributed by atoms with Gasteiger partial charge in [-0.25, -0.2) is 4.79 Å². The van der Waals surface area contributed by atoms with Crippen molar-refractivity contribution in [2.45, 2.75) is 70.7 Å². The molecular weight excluding hydrogens is 294 g/mol. The molecule has 2 saturated heterocycles. The van der Waals surface area contributed by atoms with Crippen LogP contribution in [0.1, 0.15) is 47.0 Å². The average Bonchev–Trinajstić information content (AvgIpc) is 2.96. The molecule has 23 heavy (non-hydrogen) atoms. The summed E-state index contributed by atoms with van der Waals surface area (Å²) in [6, 6.07) is 1.09. The quantitative estimate of drug-likeness (QED) is 0.805. The van der Waals surface area contributed by atoms with E-state index in [-0.39, 0.29) is 12.1 Å². The van der Waals surface area contributed by atoms with Crippen LogP contribution in [0, 0.1) is 0 Å². The molecule has 2 heterocycles. The van der Waals surface area contributed by atoms with Crippen LogP contribution in [-0.2, 0) is 9.47 Å². The summed E-state index contributed by atoms with van der Waals surface area (Å²) in [5.74, 6) is 0. The first-order valence-corrected chi connectivity index (χ1v) is 8.89. The number of carbonyl (C=O) groups excluding carboxylic acids is 1. The van der Waals surface area contributed by atoms with Crippen LogP contribution >= 0.6 is 0 Å². The normalized spacial score (nSPS) is 27.0. The third-order valence-corrected chi connectivity index (χ3v) is 4.36. The van der Waals surface area contributed by atoms with Gasteiger partial charge >= 0.3 is 6.09 Å². The van der Waals surface area contributed by atoms with Crippen LogP contribution in [0.15, 0.2) is 0 Å². The molecule has 0 aliphatic carbocycles. The van der Waals surface area contributed by atoms with Gasteiger partial charge < -0.3 is 20.1 Å². The van der Waals surface area contributed by atoms with E-state index < -0.39 is 5.60 Å². The number of hydrogen-bond acceptors (Lipinski definition) is 5. The molecule has 2 rings (SSSR count). The lowest BCUT2D eigenvalue weighted by atomic mass is 10.1. The summed E-state index contributed by atoms with van der Waals surface area (Å²) in [6.07, 6.45) is 3.43. The van der Waals surface area contributed by atoms with Gasteiger partial charge in [0.05, 0.1) is 19.3 Å². The van der Waals surface area contributed by atoms with Crippen LogP contribution in [-0.4, -0.2) is 67.6 Å². The van der Waals surface area contributed by atoms with Crippen molar-refractivity contribution in [1.82, 2.24) is 15.5 Å². The van der Waals surface area contributed by atoms with E-state index in [2.05, 4.69) is 17.6 Å². The molecule has 6 heteroatoms. The first-order valence-electron chi connectivity index (χ1n) is 8.89. The van der Waals surface area contributed by atoms with E-state index in [1.807, 2.05) is 25.7 Å². The fourth-order valence-corrected chi connectivity index (χ4v) is 3.19. The van der Waals surface area contributed by atoms with Gasteiger partial charge in [-0.2, -0.15) is 0 Å². The van der Waals surface area contributed by atoms with Gasteiger partial charge in [-0.1, -0.05) is 0 Å². The second kappa shape index (κ2) is 8.31. The lowest BCUT2D eigenvalue weighted by Crippen LogP contribution is -2.55. The van der Waals surface area contributed by atoms with Gasteiger partial charge in [-0.15, -0.1) is 0 Å². The molecule has 2 aliphatic rings. The molecule has 2 N–H and O–H groups in total. The van der Waals surface area contributed by atoms with E-state index in [0.717, 1.165) is 19.5 Å². The highest BCUT2D eigenvalue weighted by atomic mass is 16.6. The fourth-order valence-electron chi connectivity index (χ4n) is 3.19. The van der Waals surface area contributed by atoms with Crippen LogP contribution < -0.4 is 10.6 Å². The summed E-state index contributed by atoms with van der Waals surface area (Å²) in [5.41, 5.74) is -0.463. The van der Waals surface area contributed by atoms with Crippen LogP contribution in [0.2, 0.25) is 0 Å². The van der Waals surface area contributed by atoms with Gasteiger partial charge in [-0.05, 0) is 53.5 Å². The Morgan fingerprint density at radius 1 is 1.48 bits per heavy atom. The van der Waals surface area contributed by atoms with E-state index in [1.165, 1.54) is 12.8 Å². The third-order valence-electron chi connectivity index (χ3n) is 4.36. The molecule has 0 spiro atoms. The SMILES string of the molecule is CC(CC1CCCN1)NCC1COCCN1C(=O)OC(C)(C)C. The molecule has 3 atom stereocenters. The van der Waals surface area contributed by atoms with E-state index in [0.29, 0.717) is 31.8 Å². The van der Waals surface area contributed by atoms with Gasteiger partial charge in [0.25, 0.3) is 0 Å². The number of ether oxygens (including phenoxy) is 2. The van der Waals surface area contributed by atoms with Crippen LogP contribution in [0.4, 0.5) is 4.79 Å². The zero-order valence-corrected chi connectivity index (χ0v) is 15.1. The van der Waals surface area contributed by atoms with E-state index in [1.54, 1.807) is 0 Å². The Balaban J connectivity index is 1.79. The molecule has 0 bridgehead atoms. The second-order valence-electron chi connectivity index (χ2n) is 7.74. The van der Waals surface area contributed by atoms with Gasteiger partial charge in [0.1, 0.15) is 5.60 Å².